The lowest BCUT2D eigenvalue weighted by Gasteiger charge is -2.32. The number of nitrogen functional groups attached to an aromatic ring is 1. The van der Waals surface area contributed by atoms with E-state index in [9.17, 15) is 4.79 Å². The fourth-order valence-electron chi connectivity index (χ4n) is 5.29. The number of carbonyl (C=O) groups excluding carboxylic acids is 1. The van der Waals surface area contributed by atoms with Crippen LogP contribution >= 0.6 is 0 Å². The van der Waals surface area contributed by atoms with Gasteiger partial charge in [-0.2, -0.15) is 0 Å². The molecule has 38 heavy (non-hydrogen) atoms. The first-order chi connectivity index (χ1) is 18.2. The van der Waals surface area contributed by atoms with Crippen LogP contribution < -0.4 is 11.1 Å². The first kappa shape index (κ1) is 25.4. The number of piperidine rings is 1. The van der Waals surface area contributed by atoms with E-state index in [0.29, 0.717) is 17.9 Å². The summed E-state index contributed by atoms with van der Waals surface area (Å²) in [5.41, 5.74) is 10.2. The van der Waals surface area contributed by atoms with Crippen LogP contribution in [-0.2, 0) is 11.3 Å². The van der Waals surface area contributed by atoms with Crippen molar-refractivity contribution >= 4 is 45.1 Å². The predicted molar refractivity (Wildman–Crippen MR) is 154 cm³/mol. The van der Waals surface area contributed by atoms with Gasteiger partial charge >= 0.3 is 0 Å². The molecule has 0 aliphatic carbocycles. The highest BCUT2D eigenvalue weighted by atomic mass is 16.1. The second-order valence-corrected chi connectivity index (χ2v) is 10.6. The first-order valence-corrected chi connectivity index (χ1v) is 13.2. The Kier molecular flexibility index (Phi) is 6.89. The highest BCUT2D eigenvalue weighted by Crippen LogP contribution is 2.28. The van der Waals surface area contributed by atoms with Crippen LogP contribution in [0.2, 0.25) is 0 Å². The summed E-state index contributed by atoms with van der Waals surface area (Å²) in [4.78, 5) is 20.0. The summed E-state index contributed by atoms with van der Waals surface area (Å²) in [7, 11) is 0. The number of nitrogens with zero attached hydrogens (tertiary/aromatic N) is 3. The van der Waals surface area contributed by atoms with Gasteiger partial charge in [0, 0.05) is 42.7 Å². The van der Waals surface area contributed by atoms with Crippen molar-refractivity contribution in [2.24, 2.45) is 11.7 Å². The smallest absolute Gasteiger partial charge is 0.227 e. The number of aromatic nitrogens is 2. The Morgan fingerprint density at radius 1 is 1.05 bits per heavy atom. The quantitative estimate of drug-likeness (QED) is 0.208. The van der Waals surface area contributed by atoms with Crippen LogP contribution in [0.25, 0.3) is 21.8 Å². The molecule has 196 valence electrons. The third-order valence-electron chi connectivity index (χ3n) is 7.46. The zero-order chi connectivity index (χ0) is 27.0. The number of amidine groups is 2. The predicted octanol–water partition coefficient (Wildman–Crippen LogP) is 5.29. The van der Waals surface area contributed by atoms with Gasteiger partial charge in [-0.15, -0.1) is 0 Å². The summed E-state index contributed by atoms with van der Waals surface area (Å²) in [6.07, 6.45) is 1.51. The average molecular weight is 510 g/mol. The van der Waals surface area contributed by atoms with E-state index in [0.717, 1.165) is 64.8 Å². The van der Waals surface area contributed by atoms with Gasteiger partial charge in [-0.1, -0.05) is 38.1 Å². The highest BCUT2D eigenvalue weighted by molar-refractivity contribution is 5.99. The Labute approximate surface area is 222 Å². The standard InChI is InChI=1S/C30H35N7O/c1-18(2)29-35-26-9-8-25(34-30(38)22-10-12-36(13-11-22)19(3)31)16-27(26)37(29)17-20-4-5-21-6-7-23(28(32)33)15-24(21)14-20/h4-9,14-16,18,22,31H,10-13,17H2,1-3H3,(H3,32,33)(H,34,38). The molecular formula is C30H35N7O. The summed E-state index contributed by atoms with van der Waals surface area (Å²) >= 11 is 0. The number of likely N-dealkylation sites (tertiary alicyclic amines) is 1. The molecule has 1 fully saturated rings. The SMILES string of the molecule is CC(=N)N1CCC(C(=O)Nc2ccc3nc(C(C)C)n(Cc4ccc5ccc(C(=N)N)cc5c4)c3c2)CC1. The summed E-state index contributed by atoms with van der Waals surface area (Å²) in [6.45, 7) is 8.21. The molecular weight excluding hydrogens is 474 g/mol. The van der Waals surface area contributed by atoms with Crippen LogP contribution in [0.1, 0.15) is 56.5 Å². The normalized spacial score (nSPS) is 14.4. The van der Waals surface area contributed by atoms with E-state index in [-0.39, 0.29) is 23.6 Å². The van der Waals surface area contributed by atoms with E-state index in [4.69, 9.17) is 21.5 Å². The largest absolute Gasteiger partial charge is 0.384 e. The van der Waals surface area contributed by atoms with Gasteiger partial charge in [0.05, 0.1) is 16.9 Å². The van der Waals surface area contributed by atoms with Crippen LogP contribution in [0.4, 0.5) is 5.69 Å². The number of imidazole rings is 1. The highest BCUT2D eigenvalue weighted by Gasteiger charge is 2.25. The van der Waals surface area contributed by atoms with E-state index >= 15 is 0 Å². The number of nitrogens with two attached hydrogens (primary N) is 1. The lowest BCUT2D eigenvalue weighted by Crippen LogP contribution is -2.40. The van der Waals surface area contributed by atoms with Crippen molar-refractivity contribution in [1.29, 1.82) is 10.8 Å². The lowest BCUT2D eigenvalue weighted by atomic mass is 9.95. The summed E-state index contributed by atoms with van der Waals surface area (Å²) in [6, 6.07) is 18.1. The van der Waals surface area contributed by atoms with E-state index < -0.39 is 0 Å². The molecule has 0 radical (unpaired) electrons. The van der Waals surface area contributed by atoms with Crippen molar-refractivity contribution < 1.29 is 4.79 Å². The Morgan fingerprint density at radius 2 is 1.79 bits per heavy atom. The molecule has 4 aromatic rings. The monoisotopic (exact) mass is 509 g/mol. The van der Waals surface area contributed by atoms with Crippen LogP contribution in [0.3, 0.4) is 0 Å². The van der Waals surface area contributed by atoms with Gasteiger partial charge in [0.25, 0.3) is 0 Å². The van der Waals surface area contributed by atoms with E-state index in [2.05, 4.69) is 41.9 Å². The molecule has 1 aliphatic rings. The molecule has 3 aromatic carbocycles. The Bertz CT molecular complexity index is 1540. The number of fused-ring (bicyclic) bond motifs is 2. The van der Waals surface area contributed by atoms with Crippen LogP contribution in [0.5, 0.6) is 0 Å². The number of carbonyl (C=O) groups is 1. The Morgan fingerprint density at radius 3 is 2.47 bits per heavy atom. The third-order valence-corrected chi connectivity index (χ3v) is 7.46. The molecule has 1 aliphatic heterocycles. The maximum Gasteiger partial charge on any atom is 0.227 e. The molecule has 5 rings (SSSR count). The van der Waals surface area contributed by atoms with Crippen LogP contribution in [0, 0.1) is 16.7 Å². The van der Waals surface area contributed by atoms with E-state index in [1.807, 2.05) is 41.3 Å². The molecule has 0 bridgehead atoms. The molecule has 0 atom stereocenters. The second-order valence-electron chi connectivity index (χ2n) is 10.6. The second kappa shape index (κ2) is 10.3. The molecule has 0 unspecified atom stereocenters. The molecule has 8 heteroatoms. The number of benzene rings is 3. The average Bonchev–Trinajstić information content (AvgIpc) is 3.26. The minimum atomic E-state index is -0.0464. The lowest BCUT2D eigenvalue weighted by molar-refractivity contribution is -0.121. The maximum atomic E-state index is 13.0. The fraction of sp³-hybridized carbons (Fsp3) is 0.333. The van der Waals surface area contributed by atoms with E-state index in [1.54, 1.807) is 6.92 Å². The number of nitrogens with one attached hydrogen (secondary N) is 3. The van der Waals surface area contributed by atoms with Crippen molar-refractivity contribution in [2.75, 3.05) is 18.4 Å². The van der Waals surface area contributed by atoms with Gasteiger partial charge in [-0.25, -0.2) is 4.98 Å². The van der Waals surface area contributed by atoms with Gasteiger partial charge in [-0.05, 0) is 66.4 Å². The minimum absolute atomic E-state index is 0.0394. The molecule has 5 N–H and O–H groups in total. The number of hydrogen-bond donors (Lipinski definition) is 4. The number of anilines is 1. The zero-order valence-corrected chi connectivity index (χ0v) is 22.2. The zero-order valence-electron chi connectivity index (χ0n) is 22.2. The number of hydrogen-bond acceptors (Lipinski definition) is 4. The number of amides is 1. The van der Waals surface area contributed by atoms with Gasteiger partial charge in [-0.3, -0.25) is 15.6 Å². The first-order valence-electron chi connectivity index (χ1n) is 13.2. The van der Waals surface area contributed by atoms with Gasteiger partial charge in [0.1, 0.15) is 11.7 Å². The van der Waals surface area contributed by atoms with Crippen molar-refractivity contribution in [2.45, 2.75) is 46.1 Å². The summed E-state index contributed by atoms with van der Waals surface area (Å²) in [5.74, 6) is 1.84. The Balaban J connectivity index is 1.42. The molecule has 1 saturated heterocycles. The third kappa shape index (κ3) is 5.11. The van der Waals surface area contributed by atoms with Crippen molar-refractivity contribution in [3.8, 4) is 0 Å². The van der Waals surface area contributed by atoms with E-state index in [1.165, 1.54) is 0 Å². The molecule has 1 aromatic heterocycles. The van der Waals surface area contributed by atoms with Gasteiger partial charge in [0.15, 0.2) is 0 Å². The molecule has 0 saturated carbocycles. The summed E-state index contributed by atoms with van der Waals surface area (Å²) in [5, 5.41) is 20.9. The topological polar surface area (TPSA) is 124 Å². The van der Waals surface area contributed by atoms with Crippen LogP contribution in [-0.4, -0.2) is 45.1 Å². The Hall–Kier alpha value is -4.20. The van der Waals surface area contributed by atoms with Gasteiger partial charge < -0.3 is 20.5 Å². The minimum Gasteiger partial charge on any atom is -0.384 e. The maximum absolute atomic E-state index is 13.0. The van der Waals surface area contributed by atoms with Crippen LogP contribution in [0.15, 0.2) is 54.6 Å². The molecule has 1 amide bonds. The molecule has 0 spiro atoms. The molecule has 8 nitrogen and oxygen atoms in total. The van der Waals surface area contributed by atoms with Crippen molar-refractivity contribution in [3.05, 3.63) is 71.5 Å². The van der Waals surface area contributed by atoms with Crippen molar-refractivity contribution in [3.63, 3.8) is 0 Å². The number of rotatable bonds is 6. The van der Waals surface area contributed by atoms with Gasteiger partial charge in [0.2, 0.25) is 5.91 Å². The van der Waals surface area contributed by atoms with Crippen molar-refractivity contribution in [1.82, 2.24) is 14.5 Å². The summed E-state index contributed by atoms with van der Waals surface area (Å²) < 4.78 is 2.23. The fourth-order valence-corrected chi connectivity index (χ4v) is 5.29. The molecule has 2 heterocycles.